The van der Waals surface area contributed by atoms with Crippen LogP contribution in [-0.2, 0) is 25.9 Å². The highest BCUT2D eigenvalue weighted by Crippen LogP contribution is 2.32. The van der Waals surface area contributed by atoms with Crippen LogP contribution in [0.25, 0.3) is 11.0 Å². The lowest BCUT2D eigenvalue weighted by Gasteiger charge is -2.37. The number of nitrogens with zero attached hydrogens (tertiary/aromatic N) is 6. The molecule has 32 heavy (non-hydrogen) atoms. The molecule has 0 bridgehead atoms. The van der Waals surface area contributed by atoms with Crippen LogP contribution in [0.2, 0.25) is 0 Å². The second-order valence-electron chi connectivity index (χ2n) is 9.71. The molecule has 0 radical (unpaired) electrons. The molecule has 5 rings (SSSR count). The zero-order valence-electron chi connectivity index (χ0n) is 19.8. The molecule has 1 saturated heterocycles. The number of anilines is 1. The summed E-state index contributed by atoms with van der Waals surface area (Å²) in [5.41, 5.74) is 5.15. The van der Waals surface area contributed by atoms with E-state index in [1.54, 1.807) is 0 Å². The molecule has 0 saturated carbocycles. The molecule has 4 heterocycles. The molecule has 1 fully saturated rings. The van der Waals surface area contributed by atoms with Gasteiger partial charge in [-0.25, -0.2) is 4.98 Å². The molecule has 0 unspecified atom stereocenters. The van der Waals surface area contributed by atoms with Gasteiger partial charge in [-0.05, 0) is 51.8 Å². The van der Waals surface area contributed by atoms with Gasteiger partial charge in [0.05, 0.1) is 11.0 Å². The van der Waals surface area contributed by atoms with Crippen molar-refractivity contribution >= 4 is 16.7 Å². The SMILES string of the molecule is CC(C)N1CCN(CCn2c(CCn3cccn3)nc3c4c(ccc32)N[C@@H](C)CC4)CC1. The van der Waals surface area contributed by atoms with Crippen molar-refractivity contribution in [2.75, 3.05) is 38.0 Å². The van der Waals surface area contributed by atoms with Gasteiger partial charge >= 0.3 is 0 Å². The Kier molecular flexibility index (Phi) is 6.20. The van der Waals surface area contributed by atoms with Crippen molar-refractivity contribution in [1.29, 1.82) is 0 Å². The fraction of sp³-hybridized carbons (Fsp3) is 0.600. The number of aryl methyl sites for hydroxylation is 3. The standard InChI is InChI=1S/C25H37N7/c1-19(2)30-16-13-29(14-17-30)15-18-32-23-8-7-22-21(6-5-20(3)27-22)25(23)28-24(32)9-12-31-11-4-10-26-31/h4,7-8,10-11,19-20,27H,5-6,9,12-18H2,1-3H3/t20-/m0/s1. The van der Waals surface area contributed by atoms with E-state index in [2.05, 4.69) is 57.7 Å². The van der Waals surface area contributed by atoms with Crippen molar-refractivity contribution < 1.29 is 0 Å². The summed E-state index contributed by atoms with van der Waals surface area (Å²) in [6.07, 6.45) is 7.06. The molecule has 0 spiro atoms. The number of hydrogen-bond donors (Lipinski definition) is 1. The summed E-state index contributed by atoms with van der Waals surface area (Å²) in [4.78, 5) is 10.4. The van der Waals surface area contributed by atoms with Gasteiger partial charge in [-0.2, -0.15) is 5.10 Å². The minimum absolute atomic E-state index is 0.533. The average molecular weight is 436 g/mol. The van der Waals surface area contributed by atoms with Crippen LogP contribution >= 0.6 is 0 Å². The summed E-state index contributed by atoms with van der Waals surface area (Å²) in [7, 11) is 0. The third kappa shape index (κ3) is 4.41. The van der Waals surface area contributed by atoms with Crippen LogP contribution in [0.4, 0.5) is 5.69 Å². The van der Waals surface area contributed by atoms with Crippen molar-refractivity contribution in [2.45, 2.75) is 65.2 Å². The van der Waals surface area contributed by atoms with Gasteiger partial charge in [-0.3, -0.25) is 14.5 Å². The number of hydrogen-bond acceptors (Lipinski definition) is 5. The van der Waals surface area contributed by atoms with Crippen LogP contribution in [0.1, 0.15) is 38.6 Å². The quantitative estimate of drug-likeness (QED) is 0.617. The zero-order valence-corrected chi connectivity index (χ0v) is 19.8. The molecule has 0 aliphatic carbocycles. The smallest absolute Gasteiger partial charge is 0.111 e. The normalized spacial score (nSPS) is 20.1. The molecule has 2 aliphatic rings. The molecule has 3 aromatic rings. The van der Waals surface area contributed by atoms with Gasteiger partial charge in [0.2, 0.25) is 0 Å². The van der Waals surface area contributed by atoms with E-state index in [-0.39, 0.29) is 0 Å². The molecule has 172 valence electrons. The summed E-state index contributed by atoms with van der Waals surface area (Å²) >= 11 is 0. The monoisotopic (exact) mass is 435 g/mol. The molecule has 0 amide bonds. The molecule has 1 aromatic carbocycles. The Morgan fingerprint density at radius 2 is 1.94 bits per heavy atom. The van der Waals surface area contributed by atoms with E-state index in [1.165, 1.54) is 47.6 Å². The predicted octanol–water partition coefficient (Wildman–Crippen LogP) is 3.25. The molecule has 2 aromatic heterocycles. The first-order valence-corrected chi connectivity index (χ1v) is 12.3. The number of fused-ring (bicyclic) bond motifs is 3. The van der Waals surface area contributed by atoms with Crippen LogP contribution in [0.5, 0.6) is 0 Å². The second kappa shape index (κ2) is 9.24. The Hall–Kier alpha value is -2.38. The van der Waals surface area contributed by atoms with Crippen LogP contribution in [0, 0.1) is 0 Å². The number of imidazole rings is 1. The van der Waals surface area contributed by atoms with Gasteiger partial charge in [0.1, 0.15) is 5.82 Å². The van der Waals surface area contributed by atoms with Crippen molar-refractivity contribution in [1.82, 2.24) is 29.1 Å². The van der Waals surface area contributed by atoms with E-state index in [4.69, 9.17) is 4.98 Å². The Bertz CT molecular complexity index is 1030. The lowest BCUT2D eigenvalue weighted by Crippen LogP contribution is -2.49. The fourth-order valence-electron chi connectivity index (χ4n) is 5.21. The summed E-state index contributed by atoms with van der Waals surface area (Å²) in [6, 6.07) is 7.71. The highest BCUT2D eigenvalue weighted by atomic mass is 15.3. The van der Waals surface area contributed by atoms with Crippen molar-refractivity contribution in [2.24, 2.45) is 0 Å². The van der Waals surface area contributed by atoms with Gasteiger partial charge in [0.15, 0.2) is 0 Å². The average Bonchev–Trinajstić information content (AvgIpc) is 3.44. The fourth-order valence-corrected chi connectivity index (χ4v) is 5.21. The Balaban J connectivity index is 1.38. The summed E-state index contributed by atoms with van der Waals surface area (Å²) in [5, 5.41) is 8.05. The maximum absolute atomic E-state index is 5.20. The molecular formula is C25H37N7. The first kappa shape index (κ1) is 21.5. The molecule has 1 atom stereocenters. The van der Waals surface area contributed by atoms with Gasteiger partial charge in [0.25, 0.3) is 0 Å². The minimum Gasteiger partial charge on any atom is -0.382 e. The Morgan fingerprint density at radius 1 is 1.09 bits per heavy atom. The zero-order chi connectivity index (χ0) is 22.1. The second-order valence-corrected chi connectivity index (χ2v) is 9.71. The first-order chi connectivity index (χ1) is 15.6. The Morgan fingerprint density at radius 3 is 2.69 bits per heavy atom. The third-order valence-corrected chi connectivity index (χ3v) is 7.23. The summed E-state index contributed by atoms with van der Waals surface area (Å²) < 4.78 is 4.49. The van der Waals surface area contributed by atoms with Crippen LogP contribution < -0.4 is 5.32 Å². The van der Waals surface area contributed by atoms with Gasteiger partial charge in [-0.15, -0.1) is 0 Å². The van der Waals surface area contributed by atoms with Crippen LogP contribution in [0.15, 0.2) is 30.6 Å². The number of rotatable bonds is 7. The van der Waals surface area contributed by atoms with Gasteiger partial charge in [-0.1, -0.05) is 0 Å². The molecule has 2 aliphatic heterocycles. The van der Waals surface area contributed by atoms with Crippen molar-refractivity contribution in [3.8, 4) is 0 Å². The predicted molar refractivity (Wildman–Crippen MR) is 130 cm³/mol. The van der Waals surface area contributed by atoms with E-state index < -0.39 is 0 Å². The van der Waals surface area contributed by atoms with Crippen molar-refractivity contribution in [3.63, 3.8) is 0 Å². The van der Waals surface area contributed by atoms with Gasteiger partial charge in [0, 0.05) is 88.0 Å². The molecular weight excluding hydrogens is 398 g/mol. The highest BCUT2D eigenvalue weighted by molar-refractivity contribution is 5.86. The largest absolute Gasteiger partial charge is 0.382 e. The number of benzene rings is 1. The van der Waals surface area contributed by atoms with E-state index in [9.17, 15) is 0 Å². The maximum Gasteiger partial charge on any atom is 0.111 e. The lowest BCUT2D eigenvalue weighted by atomic mass is 9.98. The summed E-state index contributed by atoms with van der Waals surface area (Å²) in [6.45, 7) is 14.5. The first-order valence-electron chi connectivity index (χ1n) is 12.3. The van der Waals surface area contributed by atoms with Crippen LogP contribution in [0.3, 0.4) is 0 Å². The van der Waals surface area contributed by atoms with E-state index in [1.807, 2.05) is 23.1 Å². The molecule has 1 N–H and O–H groups in total. The van der Waals surface area contributed by atoms with Crippen LogP contribution in [-0.4, -0.2) is 73.9 Å². The van der Waals surface area contributed by atoms with Gasteiger partial charge < -0.3 is 9.88 Å². The maximum atomic E-state index is 5.20. The van der Waals surface area contributed by atoms with E-state index in [0.717, 1.165) is 45.6 Å². The Labute approximate surface area is 191 Å². The number of piperazine rings is 1. The molecule has 7 heteroatoms. The molecule has 7 nitrogen and oxygen atoms in total. The number of aromatic nitrogens is 4. The van der Waals surface area contributed by atoms with Crippen molar-refractivity contribution in [3.05, 3.63) is 42.0 Å². The van der Waals surface area contributed by atoms with E-state index >= 15 is 0 Å². The lowest BCUT2D eigenvalue weighted by molar-refractivity contribution is 0.106. The third-order valence-electron chi connectivity index (χ3n) is 7.23. The van der Waals surface area contributed by atoms with E-state index in [0.29, 0.717) is 12.1 Å². The highest BCUT2D eigenvalue weighted by Gasteiger charge is 2.22. The number of nitrogens with one attached hydrogen (secondary N) is 1. The minimum atomic E-state index is 0.533. The topological polar surface area (TPSA) is 54.2 Å². The summed E-state index contributed by atoms with van der Waals surface area (Å²) in [5.74, 6) is 1.18.